The van der Waals surface area contributed by atoms with E-state index in [9.17, 15) is 19.2 Å². The summed E-state index contributed by atoms with van der Waals surface area (Å²) in [7, 11) is 3.27. The van der Waals surface area contributed by atoms with Gasteiger partial charge in [0.1, 0.15) is 13.2 Å². The van der Waals surface area contributed by atoms with Crippen molar-refractivity contribution in [3.63, 3.8) is 0 Å². The Hall–Kier alpha value is -6.84. The molecule has 1 heterocycles. The number of aliphatic hydroxyl groups excluding tert-OH is 2. The molecule has 17 nitrogen and oxygen atoms in total. The van der Waals surface area contributed by atoms with Gasteiger partial charge in [-0.3, -0.25) is 19.0 Å². The Balaban J connectivity index is 0.000000215. The summed E-state index contributed by atoms with van der Waals surface area (Å²) in [5, 5.41) is 30.1. The third kappa shape index (κ3) is 23.1. The molecule has 1 aromatic heterocycles. The highest BCUT2D eigenvalue weighted by atomic mass is 35.5. The predicted octanol–water partition coefficient (Wildman–Crippen LogP) is 13.4. The fraction of sp³-hybridized carbons (Fsp3) is 0.270. The third-order valence-electron chi connectivity index (χ3n) is 12.2. The van der Waals surface area contributed by atoms with Crippen LogP contribution in [-0.4, -0.2) is 123 Å². The number of esters is 2. The number of anilines is 6. The summed E-state index contributed by atoms with van der Waals surface area (Å²) < 4.78 is 27.2. The minimum Gasteiger partial charge on any atom is -0.463 e. The van der Waals surface area contributed by atoms with Gasteiger partial charge >= 0.3 is 17.6 Å². The molecule has 8 aromatic rings. The van der Waals surface area contributed by atoms with Crippen molar-refractivity contribution in [3.05, 3.63) is 209 Å². The van der Waals surface area contributed by atoms with Crippen LogP contribution in [0.25, 0.3) is 11.0 Å². The number of likely N-dealkylation sites (N-methyl/N-ethyl adjacent to an activating group) is 1. The van der Waals surface area contributed by atoms with Crippen LogP contribution in [0.5, 0.6) is 0 Å². The zero-order chi connectivity index (χ0) is 62.2. The lowest BCUT2D eigenvalue weighted by atomic mass is 10.1. The maximum atomic E-state index is 12.2. The van der Waals surface area contributed by atoms with Gasteiger partial charge in [0.2, 0.25) is 5.91 Å². The first-order valence-corrected chi connectivity index (χ1v) is 29.3. The smallest absolute Gasteiger partial charge is 0.326 e. The Kier molecular flexibility index (Phi) is 31.2. The summed E-state index contributed by atoms with van der Waals surface area (Å²) in [6.45, 7) is 5.01. The number of H-pyrrole nitrogens is 1. The van der Waals surface area contributed by atoms with Crippen LogP contribution < -0.4 is 21.6 Å². The number of aromatic amines is 1. The molecule has 0 bridgehead atoms. The number of amides is 1. The number of ether oxygens (including phenoxy) is 5. The highest BCUT2D eigenvalue weighted by molar-refractivity contribution is 6.40. The zero-order valence-corrected chi connectivity index (χ0v) is 52.1. The number of carbonyl (C=O) groups excluding carboxylic acids is 3. The molecule has 86 heavy (non-hydrogen) atoms. The standard InChI is InChI=1S/C19H21Cl2NO4.C18H19Cl2NO4.C17H18Cl2N2O2.C9H10N2O/c1-24-9-10-25-11-12-26-18(23)13-14-5-2-3-8-17(14)22-19-15(20)6-4-7-16(19)21;19-14-5-3-6-15(20)18(14)21-16-7-2-1-4-13(16)12-17(23)25-11-10-24-9-8-22;1-21(9-10-22)16(23)11-12-5-2-3-8-15(12)20-17-13(18)6-4-7-14(17)19;1-2-11-8-6-4-3-5-7(8)10-9(11)12/h2-8,22H,9-13H2,1H3;1-7,21-22H,8-12H2;2-8,20,22H,9-11H2,1H3;3-6H,2H2,1H3,(H,10,12). The first-order valence-electron chi connectivity index (χ1n) is 27.0. The monoisotopic (exact) mass is 1290 g/mol. The molecule has 1 amide bonds. The van der Waals surface area contributed by atoms with Crippen LogP contribution in [0, 0.1) is 0 Å². The average Bonchev–Trinajstić information content (AvgIpc) is 2.50. The molecule has 0 spiro atoms. The van der Waals surface area contributed by atoms with Crippen molar-refractivity contribution in [2.75, 3.05) is 96.1 Å². The summed E-state index contributed by atoms with van der Waals surface area (Å²) in [5.74, 6) is -0.773. The number of aromatic nitrogens is 2. The van der Waals surface area contributed by atoms with Gasteiger partial charge in [-0.15, -0.1) is 0 Å². The second-order valence-corrected chi connectivity index (χ2v) is 20.7. The second-order valence-electron chi connectivity index (χ2n) is 18.3. The Morgan fingerprint density at radius 1 is 0.500 bits per heavy atom. The maximum Gasteiger partial charge on any atom is 0.326 e. The molecule has 0 radical (unpaired) electrons. The van der Waals surface area contributed by atoms with E-state index < -0.39 is 0 Å². The van der Waals surface area contributed by atoms with Gasteiger partial charge in [0, 0.05) is 44.3 Å². The number of hydrogen-bond donors (Lipinski definition) is 6. The molecule has 6 N–H and O–H groups in total. The lowest BCUT2D eigenvalue weighted by molar-refractivity contribution is -0.145. The Morgan fingerprint density at radius 3 is 1.29 bits per heavy atom. The number of methoxy groups -OCH3 is 1. The van der Waals surface area contributed by atoms with Gasteiger partial charge in [0.05, 0.1) is 124 Å². The molecule has 8 rings (SSSR count). The topological polar surface area (TPSA) is 215 Å². The Labute approximate surface area is 529 Å². The fourth-order valence-corrected chi connectivity index (χ4v) is 9.37. The largest absolute Gasteiger partial charge is 0.463 e. The number of hydrogen-bond acceptors (Lipinski definition) is 14. The molecular weight excluding hydrogens is 1230 g/mol. The van der Waals surface area contributed by atoms with Crippen LogP contribution in [0.2, 0.25) is 30.1 Å². The Bertz CT molecular complexity index is 3420. The molecule has 0 fully saturated rings. The summed E-state index contributed by atoms with van der Waals surface area (Å²) in [5.41, 5.74) is 8.28. The lowest BCUT2D eigenvalue weighted by Crippen LogP contribution is -2.30. The predicted molar refractivity (Wildman–Crippen MR) is 345 cm³/mol. The number of rotatable bonds is 26. The van der Waals surface area contributed by atoms with E-state index in [1.807, 2.05) is 104 Å². The molecule has 0 saturated heterocycles. The van der Waals surface area contributed by atoms with Gasteiger partial charge in [-0.1, -0.05) is 155 Å². The minimum absolute atomic E-state index is 0.0290. The van der Waals surface area contributed by atoms with Crippen molar-refractivity contribution in [1.29, 1.82) is 0 Å². The lowest BCUT2D eigenvalue weighted by Gasteiger charge is -2.18. The number of carbonyl (C=O) groups is 3. The van der Waals surface area contributed by atoms with Crippen molar-refractivity contribution in [3.8, 4) is 0 Å². The van der Waals surface area contributed by atoms with Crippen LogP contribution in [0.1, 0.15) is 23.6 Å². The fourth-order valence-electron chi connectivity index (χ4n) is 7.89. The van der Waals surface area contributed by atoms with E-state index in [1.165, 1.54) is 4.90 Å². The van der Waals surface area contributed by atoms with Gasteiger partial charge in [0.25, 0.3) is 0 Å². The van der Waals surface area contributed by atoms with E-state index in [2.05, 4.69) is 20.9 Å². The van der Waals surface area contributed by atoms with Gasteiger partial charge in [-0.2, -0.15) is 0 Å². The molecule has 23 heteroatoms. The van der Waals surface area contributed by atoms with Crippen molar-refractivity contribution in [2.45, 2.75) is 32.7 Å². The van der Waals surface area contributed by atoms with Crippen LogP contribution in [0.4, 0.5) is 34.1 Å². The molecule has 0 aliphatic rings. The molecular formula is C63H68Cl6N6O11. The van der Waals surface area contributed by atoms with E-state index in [1.54, 1.807) is 73.3 Å². The van der Waals surface area contributed by atoms with Gasteiger partial charge in [-0.05, 0) is 90.3 Å². The van der Waals surface area contributed by atoms with Crippen molar-refractivity contribution < 1.29 is 48.3 Å². The first-order chi connectivity index (χ1) is 41.6. The van der Waals surface area contributed by atoms with Gasteiger partial charge < -0.3 is 59.7 Å². The van der Waals surface area contributed by atoms with Crippen LogP contribution >= 0.6 is 69.6 Å². The third-order valence-corrected chi connectivity index (χ3v) is 14.1. The first kappa shape index (κ1) is 69.9. The number of aryl methyl sites for hydroxylation is 1. The minimum atomic E-state index is -0.368. The number of aliphatic hydroxyl groups is 2. The number of nitrogens with one attached hydrogen (secondary N) is 4. The number of para-hydroxylation sites is 8. The van der Waals surface area contributed by atoms with E-state index >= 15 is 0 Å². The van der Waals surface area contributed by atoms with E-state index in [0.29, 0.717) is 80.1 Å². The van der Waals surface area contributed by atoms with Crippen molar-refractivity contribution in [2.24, 2.45) is 0 Å². The quantitative estimate of drug-likeness (QED) is 0.0220. The van der Waals surface area contributed by atoms with Crippen molar-refractivity contribution >= 4 is 133 Å². The van der Waals surface area contributed by atoms with Crippen LogP contribution in [-0.2, 0) is 63.9 Å². The number of halogens is 6. The Morgan fingerprint density at radius 2 is 0.884 bits per heavy atom. The summed E-state index contributed by atoms with van der Waals surface area (Å²) in [6, 6.07) is 45.7. The normalized spacial score (nSPS) is 10.5. The zero-order valence-electron chi connectivity index (χ0n) is 47.6. The summed E-state index contributed by atoms with van der Waals surface area (Å²) >= 11 is 37.1. The number of imidazole rings is 1. The molecule has 458 valence electrons. The number of nitrogens with zero attached hydrogens (tertiary/aromatic N) is 2. The average molecular weight is 1300 g/mol. The second kappa shape index (κ2) is 38.3. The molecule has 0 saturated carbocycles. The van der Waals surface area contributed by atoms with Crippen molar-refractivity contribution in [1.82, 2.24) is 14.5 Å². The molecule has 0 atom stereocenters. The highest BCUT2D eigenvalue weighted by Crippen LogP contribution is 2.36. The molecule has 0 aliphatic carbocycles. The summed E-state index contributed by atoms with van der Waals surface area (Å²) in [6.07, 6.45) is 0.455. The van der Waals surface area contributed by atoms with E-state index in [0.717, 1.165) is 44.8 Å². The maximum absolute atomic E-state index is 12.2. The van der Waals surface area contributed by atoms with Crippen LogP contribution in [0.3, 0.4) is 0 Å². The number of fused-ring (bicyclic) bond motifs is 1. The summed E-state index contributed by atoms with van der Waals surface area (Å²) in [4.78, 5) is 51.8. The number of benzene rings is 7. The van der Waals surface area contributed by atoms with Gasteiger partial charge in [-0.25, -0.2) is 4.79 Å². The molecule has 0 aliphatic heterocycles. The van der Waals surface area contributed by atoms with E-state index in [4.69, 9.17) is 104 Å². The van der Waals surface area contributed by atoms with E-state index in [-0.39, 0.29) is 82.4 Å². The molecule has 7 aromatic carbocycles. The van der Waals surface area contributed by atoms with Crippen LogP contribution in [0.15, 0.2) is 156 Å². The SMILES string of the molecule is CCn1c(=O)[nH]c2ccccc21.CN(CCO)C(=O)Cc1ccccc1Nc1c(Cl)cccc1Cl.COCCOCCOC(=O)Cc1ccccc1Nc1c(Cl)cccc1Cl.O=C(Cc1ccccc1Nc1c(Cl)cccc1Cl)OCCOCCO. The van der Waals surface area contributed by atoms with Gasteiger partial charge in [0.15, 0.2) is 0 Å². The molecule has 0 unspecified atom stereocenters. The highest BCUT2D eigenvalue weighted by Gasteiger charge is 2.16.